The monoisotopic (exact) mass is 416 g/mol. The maximum Gasteiger partial charge on any atom is 0.286 e. The van der Waals surface area contributed by atoms with E-state index in [9.17, 15) is 22.4 Å². The molecule has 0 spiro atoms. The smallest absolute Gasteiger partial charge is 0.286 e. The summed E-state index contributed by atoms with van der Waals surface area (Å²) in [6, 6.07) is 6.17. The van der Waals surface area contributed by atoms with Gasteiger partial charge in [0.1, 0.15) is 29.1 Å². The van der Waals surface area contributed by atoms with E-state index in [-0.39, 0.29) is 22.7 Å². The van der Waals surface area contributed by atoms with Gasteiger partial charge in [-0.25, -0.2) is 27.5 Å². The van der Waals surface area contributed by atoms with Gasteiger partial charge in [0.15, 0.2) is 11.2 Å². The number of benzene rings is 2. The van der Waals surface area contributed by atoms with Gasteiger partial charge in [0, 0.05) is 30.2 Å². The van der Waals surface area contributed by atoms with Crippen molar-refractivity contribution in [3.63, 3.8) is 0 Å². The van der Waals surface area contributed by atoms with Crippen LogP contribution in [0, 0.1) is 23.3 Å². The van der Waals surface area contributed by atoms with Crippen molar-refractivity contribution in [3.8, 4) is 5.69 Å². The van der Waals surface area contributed by atoms with Crippen molar-refractivity contribution in [2.75, 3.05) is 0 Å². The van der Waals surface area contributed by atoms with Crippen molar-refractivity contribution in [1.29, 1.82) is 0 Å². The molecule has 0 N–H and O–H groups in total. The standard InChI is InChI=1S/C21H16F4N4O/c1-3-28-10-26-18-20(28)27-19(11(2)17-15(24)8-13(23)9-16(17)25)29(21(18)30)14-6-4-12(22)5-7-14/h4-11H,3H2,1-2H3. The zero-order chi connectivity index (χ0) is 21.6. The summed E-state index contributed by atoms with van der Waals surface area (Å²) in [5.74, 6) is -4.80. The zero-order valence-electron chi connectivity index (χ0n) is 16.0. The van der Waals surface area contributed by atoms with E-state index < -0.39 is 40.3 Å². The molecule has 9 heteroatoms. The van der Waals surface area contributed by atoms with Crippen LogP contribution in [0.1, 0.15) is 31.2 Å². The fourth-order valence-electron chi connectivity index (χ4n) is 3.47. The summed E-state index contributed by atoms with van der Waals surface area (Å²) >= 11 is 0. The molecule has 0 radical (unpaired) electrons. The first-order chi connectivity index (χ1) is 14.3. The predicted octanol–water partition coefficient (Wildman–Crippen LogP) is 4.31. The van der Waals surface area contributed by atoms with E-state index in [1.165, 1.54) is 25.4 Å². The second-order valence-corrected chi connectivity index (χ2v) is 6.79. The average Bonchev–Trinajstić information content (AvgIpc) is 3.11. The fourth-order valence-corrected chi connectivity index (χ4v) is 3.47. The van der Waals surface area contributed by atoms with E-state index in [1.54, 1.807) is 4.57 Å². The molecule has 2 aromatic carbocycles. The molecule has 0 aliphatic heterocycles. The molecule has 0 aliphatic carbocycles. The first-order valence-corrected chi connectivity index (χ1v) is 9.20. The molecule has 30 heavy (non-hydrogen) atoms. The van der Waals surface area contributed by atoms with E-state index in [1.807, 2.05) is 6.92 Å². The summed E-state index contributed by atoms with van der Waals surface area (Å²) < 4.78 is 58.5. The molecule has 154 valence electrons. The molecule has 1 atom stereocenters. The number of aromatic nitrogens is 4. The molecule has 0 saturated heterocycles. The van der Waals surface area contributed by atoms with Crippen molar-refractivity contribution in [1.82, 2.24) is 19.1 Å². The van der Waals surface area contributed by atoms with Crippen LogP contribution >= 0.6 is 0 Å². The van der Waals surface area contributed by atoms with Gasteiger partial charge in [0.05, 0.1) is 12.0 Å². The largest absolute Gasteiger partial charge is 0.315 e. The zero-order valence-corrected chi connectivity index (χ0v) is 16.0. The first-order valence-electron chi connectivity index (χ1n) is 9.20. The van der Waals surface area contributed by atoms with Crippen molar-refractivity contribution in [2.45, 2.75) is 26.3 Å². The molecule has 5 nitrogen and oxygen atoms in total. The Balaban J connectivity index is 2.05. The molecule has 2 heterocycles. The van der Waals surface area contributed by atoms with Gasteiger partial charge in [-0.05, 0) is 31.2 Å². The lowest BCUT2D eigenvalue weighted by molar-refractivity contribution is 0.512. The number of fused-ring (bicyclic) bond motifs is 1. The highest BCUT2D eigenvalue weighted by molar-refractivity contribution is 5.70. The highest BCUT2D eigenvalue weighted by Crippen LogP contribution is 2.30. The SMILES string of the molecule is CCn1cnc2c(=O)n(-c3ccc(F)cc3)c(C(C)c3c(F)cc(F)cc3F)nc21. The molecule has 2 aromatic heterocycles. The summed E-state index contributed by atoms with van der Waals surface area (Å²) in [6.07, 6.45) is 1.45. The molecule has 0 bridgehead atoms. The third-order valence-electron chi connectivity index (χ3n) is 4.95. The molecule has 0 fully saturated rings. The number of nitrogens with zero attached hydrogens (tertiary/aromatic N) is 4. The maximum absolute atomic E-state index is 14.5. The van der Waals surface area contributed by atoms with Crippen molar-refractivity contribution < 1.29 is 17.6 Å². The molecule has 4 aromatic rings. The summed E-state index contributed by atoms with van der Waals surface area (Å²) in [5.41, 5.74) is -0.417. The molecular weight excluding hydrogens is 400 g/mol. The van der Waals surface area contributed by atoms with Crippen molar-refractivity contribution >= 4 is 11.2 Å². The van der Waals surface area contributed by atoms with Gasteiger partial charge in [-0.2, -0.15) is 0 Å². The summed E-state index contributed by atoms with van der Waals surface area (Å²) in [4.78, 5) is 21.8. The minimum atomic E-state index is -1.09. The van der Waals surface area contributed by atoms with Crippen LogP contribution in [0.25, 0.3) is 16.9 Å². The number of hydrogen-bond donors (Lipinski definition) is 0. The van der Waals surface area contributed by atoms with Crippen LogP contribution in [0.4, 0.5) is 17.6 Å². The van der Waals surface area contributed by atoms with Crippen LogP contribution in [0.3, 0.4) is 0 Å². The normalized spacial score (nSPS) is 12.5. The Morgan fingerprint density at radius 2 is 1.63 bits per heavy atom. The third kappa shape index (κ3) is 3.16. The van der Waals surface area contributed by atoms with Gasteiger partial charge >= 0.3 is 0 Å². The number of rotatable bonds is 4. The van der Waals surface area contributed by atoms with Crippen LogP contribution in [-0.2, 0) is 6.54 Å². The molecule has 0 amide bonds. The second kappa shape index (κ2) is 7.40. The van der Waals surface area contributed by atoms with E-state index in [0.717, 1.165) is 16.7 Å². The van der Waals surface area contributed by atoms with Gasteiger partial charge in [-0.15, -0.1) is 0 Å². The Bertz CT molecular complexity index is 1290. The predicted molar refractivity (Wildman–Crippen MR) is 103 cm³/mol. The Hall–Kier alpha value is -3.49. The average molecular weight is 416 g/mol. The summed E-state index contributed by atoms with van der Waals surface area (Å²) in [7, 11) is 0. The molecule has 1 unspecified atom stereocenters. The van der Waals surface area contributed by atoms with Crippen LogP contribution < -0.4 is 5.56 Å². The van der Waals surface area contributed by atoms with Gasteiger partial charge in [0.25, 0.3) is 5.56 Å². The lowest BCUT2D eigenvalue weighted by atomic mass is 9.98. The number of imidazole rings is 1. The highest BCUT2D eigenvalue weighted by atomic mass is 19.1. The van der Waals surface area contributed by atoms with Crippen molar-refractivity contribution in [3.05, 3.63) is 87.7 Å². The van der Waals surface area contributed by atoms with Crippen molar-refractivity contribution in [2.24, 2.45) is 0 Å². The number of aryl methyl sites for hydroxylation is 1. The van der Waals surface area contributed by atoms with E-state index in [2.05, 4.69) is 9.97 Å². The number of hydrogen-bond acceptors (Lipinski definition) is 3. The Morgan fingerprint density at radius 3 is 2.23 bits per heavy atom. The quantitative estimate of drug-likeness (QED) is 0.466. The van der Waals surface area contributed by atoms with Crippen LogP contribution in [0.15, 0.2) is 47.5 Å². The topological polar surface area (TPSA) is 52.7 Å². The van der Waals surface area contributed by atoms with Crippen LogP contribution in [0.2, 0.25) is 0 Å². The van der Waals surface area contributed by atoms with Gasteiger partial charge < -0.3 is 4.57 Å². The van der Waals surface area contributed by atoms with Gasteiger partial charge in [-0.1, -0.05) is 6.92 Å². The Labute approximate surface area is 168 Å². The van der Waals surface area contributed by atoms with E-state index in [4.69, 9.17) is 0 Å². The maximum atomic E-state index is 14.5. The second-order valence-electron chi connectivity index (χ2n) is 6.79. The van der Waals surface area contributed by atoms with Gasteiger partial charge in [0.2, 0.25) is 0 Å². The van der Waals surface area contributed by atoms with E-state index in [0.29, 0.717) is 18.7 Å². The Kier molecular flexibility index (Phi) is 4.89. The lowest BCUT2D eigenvalue weighted by Crippen LogP contribution is -2.26. The van der Waals surface area contributed by atoms with Crippen LogP contribution in [-0.4, -0.2) is 19.1 Å². The van der Waals surface area contributed by atoms with E-state index >= 15 is 0 Å². The van der Waals surface area contributed by atoms with Crippen LogP contribution in [0.5, 0.6) is 0 Å². The summed E-state index contributed by atoms with van der Waals surface area (Å²) in [6.45, 7) is 3.76. The minimum absolute atomic E-state index is 0.0127. The third-order valence-corrected chi connectivity index (χ3v) is 4.95. The molecule has 0 aliphatic rings. The summed E-state index contributed by atoms with van der Waals surface area (Å²) in [5, 5.41) is 0. The highest BCUT2D eigenvalue weighted by Gasteiger charge is 2.26. The fraction of sp³-hybridized carbons (Fsp3) is 0.190. The lowest BCUT2D eigenvalue weighted by Gasteiger charge is -2.19. The number of halogens is 4. The molecule has 0 saturated carbocycles. The van der Waals surface area contributed by atoms with Gasteiger partial charge in [-0.3, -0.25) is 9.36 Å². The Morgan fingerprint density at radius 1 is 1.00 bits per heavy atom. The molecule has 4 rings (SSSR count). The molecular formula is C21H16F4N4O. The minimum Gasteiger partial charge on any atom is -0.315 e. The first kappa shape index (κ1) is 19.8.